The van der Waals surface area contributed by atoms with Crippen LogP contribution in [-0.4, -0.2) is 48.0 Å². The molecule has 1 N–H and O–H groups in total. The first kappa shape index (κ1) is 10.5. The number of rotatable bonds is 2. The Morgan fingerprint density at radius 3 is 2.92 bits per heavy atom. The van der Waals surface area contributed by atoms with E-state index in [1.54, 1.807) is 0 Å². The molecule has 1 aliphatic rings. The molecule has 1 saturated heterocycles. The van der Waals surface area contributed by atoms with Crippen molar-refractivity contribution in [2.24, 2.45) is 0 Å². The molecule has 0 saturated carbocycles. The van der Waals surface area contributed by atoms with Crippen molar-refractivity contribution >= 4 is 0 Å². The first-order valence-electron chi connectivity index (χ1n) is 4.52. The zero-order valence-electron chi connectivity index (χ0n) is 8.29. The van der Waals surface area contributed by atoms with Gasteiger partial charge in [-0.3, -0.25) is 4.90 Å². The van der Waals surface area contributed by atoms with Gasteiger partial charge in [0.05, 0.1) is 24.9 Å². The van der Waals surface area contributed by atoms with E-state index in [-0.39, 0.29) is 18.3 Å². The van der Waals surface area contributed by atoms with E-state index in [1.165, 1.54) is 0 Å². The maximum absolute atomic E-state index is 9.01. The number of aliphatic hydroxyl groups excluding tert-OH is 1. The molecule has 1 aliphatic heterocycles. The standard InChI is InChI=1S/C10H17NO2/c1-4-5-11-6-9(7-12)13-10(2,3)8-11/h1,9,12H,5-8H2,2-3H3. The summed E-state index contributed by atoms with van der Waals surface area (Å²) in [6.07, 6.45) is 5.14. The predicted octanol–water partition coefficient (Wildman–Crippen LogP) is 0.0913. The molecule has 1 fully saturated rings. The molecule has 1 unspecified atom stereocenters. The van der Waals surface area contributed by atoms with Crippen LogP contribution in [0, 0.1) is 12.3 Å². The van der Waals surface area contributed by atoms with Gasteiger partial charge in [-0.1, -0.05) is 5.92 Å². The molecule has 0 aromatic rings. The van der Waals surface area contributed by atoms with Crippen LogP contribution < -0.4 is 0 Å². The Hall–Kier alpha value is -0.560. The van der Waals surface area contributed by atoms with Gasteiger partial charge in [-0.05, 0) is 13.8 Å². The molecule has 3 heteroatoms. The lowest BCUT2D eigenvalue weighted by molar-refractivity contribution is -0.146. The molecule has 74 valence electrons. The molecule has 0 aromatic heterocycles. The van der Waals surface area contributed by atoms with Crippen molar-refractivity contribution in [2.75, 3.05) is 26.2 Å². The van der Waals surface area contributed by atoms with Gasteiger partial charge >= 0.3 is 0 Å². The molecular formula is C10H17NO2. The number of nitrogens with zero attached hydrogens (tertiary/aromatic N) is 1. The van der Waals surface area contributed by atoms with Gasteiger partial charge < -0.3 is 9.84 Å². The SMILES string of the molecule is C#CCN1CC(CO)OC(C)(C)C1. The topological polar surface area (TPSA) is 32.7 Å². The summed E-state index contributed by atoms with van der Waals surface area (Å²) in [5.74, 6) is 2.61. The van der Waals surface area contributed by atoms with E-state index in [0.29, 0.717) is 6.54 Å². The van der Waals surface area contributed by atoms with E-state index in [0.717, 1.165) is 13.1 Å². The lowest BCUT2D eigenvalue weighted by atomic mass is 10.1. The van der Waals surface area contributed by atoms with Crippen molar-refractivity contribution in [3.05, 3.63) is 0 Å². The van der Waals surface area contributed by atoms with Gasteiger partial charge in [0, 0.05) is 13.1 Å². The summed E-state index contributed by atoms with van der Waals surface area (Å²) in [4.78, 5) is 2.13. The van der Waals surface area contributed by atoms with Crippen LogP contribution in [0.25, 0.3) is 0 Å². The highest BCUT2D eigenvalue weighted by atomic mass is 16.5. The third kappa shape index (κ3) is 3.00. The van der Waals surface area contributed by atoms with Gasteiger partial charge in [-0.2, -0.15) is 0 Å². The van der Waals surface area contributed by atoms with E-state index in [2.05, 4.69) is 10.8 Å². The highest BCUT2D eigenvalue weighted by molar-refractivity contribution is 4.93. The Morgan fingerprint density at radius 1 is 1.69 bits per heavy atom. The van der Waals surface area contributed by atoms with E-state index < -0.39 is 0 Å². The van der Waals surface area contributed by atoms with E-state index in [9.17, 15) is 0 Å². The normalized spacial score (nSPS) is 28.3. The quantitative estimate of drug-likeness (QED) is 0.616. The van der Waals surface area contributed by atoms with Crippen LogP contribution in [0.3, 0.4) is 0 Å². The fraction of sp³-hybridized carbons (Fsp3) is 0.800. The Bertz CT molecular complexity index is 207. The van der Waals surface area contributed by atoms with Gasteiger partial charge in [0.2, 0.25) is 0 Å². The van der Waals surface area contributed by atoms with Crippen molar-refractivity contribution in [3.63, 3.8) is 0 Å². The highest BCUT2D eigenvalue weighted by Crippen LogP contribution is 2.20. The summed E-state index contributed by atoms with van der Waals surface area (Å²) >= 11 is 0. The van der Waals surface area contributed by atoms with Gasteiger partial charge in [0.25, 0.3) is 0 Å². The molecule has 1 atom stereocenters. The van der Waals surface area contributed by atoms with Crippen molar-refractivity contribution in [2.45, 2.75) is 25.6 Å². The molecule has 0 amide bonds. The Morgan fingerprint density at radius 2 is 2.38 bits per heavy atom. The van der Waals surface area contributed by atoms with Crippen LogP contribution in [0.2, 0.25) is 0 Å². The molecule has 0 bridgehead atoms. The van der Waals surface area contributed by atoms with Crippen LogP contribution in [0.1, 0.15) is 13.8 Å². The molecule has 3 nitrogen and oxygen atoms in total. The lowest BCUT2D eigenvalue weighted by Crippen LogP contribution is -2.53. The maximum atomic E-state index is 9.01. The minimum Gasteiger partial charge on any atom is -0.394 e. The number of morpholine rings is 1. The molecule has 0 spiro atoms. The molecule has 13 heavy (non-hydrogen) atoms. The second-order valence-corrected chi connectivity index (χ2v) is 4.06. The zero-order valence-corrected chi connectivity index (χ0v) is 8.29. The number of terminal acetylenes is 1. The summed E-state index contributed by atoms with van der Waals surface area (Å²) in [5.41, 5.74) is -0.206. The average Bonchev–Trinajstić information content (AvgIpc) is 2.02. The fourth-order valence-electron chi connectivity index (χ4n) is 1.76. The third-order valence-corrected chi connectivity index (χ3v) is 2.07. The molecule has 0 aromatic carbocycles. The minimum atomic E-state index is -0.206. The van der Waals surface area contributed by atoms with E-state index >= 15 is 0 Å². The van der Waals surface area contributed by atoms with Crippen molar-refractivity contribution in [1.29, 1.82) is 0 Å². The summed E-state index contributed by atoms with van der Waals surface area (Å²) in [6.45, 7) is 6.27. The first-order chi connectivity index (χ1) is 6.07. The number of hydrogen-bond donors (Lipinski definition) is 1. The molecule has 0 radical (unpaired) electrons. The Balaban J connectivity index is 2.56. The first-order valence-corrected chi connectivity index (χ1v) is 4.52. The van der Waals surface area contributed by atoms with Crippen LogP contribution in [0.4, 0.5) is 0 Å². The average molecular weight is 183 g/mol. The van der Waals surface area contributed by atoms with Gasteiger partial charge in [0.15, 0.2) is 0 Å². The zero-order chi connectivity index (χ0) is 9.90. The lowest BCUT2D eigenvalue weighted by Gasteiger charge is -2.41. The summed E-state index contributed by atoms with van der Waals surface area (Å²) in [5, 5.41) is 9.01. The molecule has 1 rings (SSSR count). The highest BCUT2D eigenvalue weighted by Gasteiger charge is 2.32. The summed E-state index contributed by atoms with van der Waals surface area (Å²) in [6, 6.07) is 0. The van der Waals surface area contributed by atoms with Crippen molar-refractivity contribution in [3.8, 4) is 12.3 Å². The van der Waals surface area contributed by atoms with E-state index in [1.807, 2.05) is 13.8 Å². The van der Waals surface area contributed by atoms with E-state index in [4.69, 9.17) is 16.3 Å². The second-order valence-electron chi connectivity index (χ2n) is 4.06. The molecule has 0 aliphatic carbocycles. The number of hydrogen-bond acceptors (Lipinski definition) is 3. The number of aliphatic hydroxyl groups is 1. The van der Waals surface area contributed by atoms with Crippen molar-refractivity contribution < 1.29 is 9.84 Å². The van der Waals surface area contributed by atoms with Gasteiger partial charge in [-0.25, -0.2) is 0 Å². The van der Waals surface area contributed by atoms with Crippen LogP contribution in [0.5, 0.6) is 0 Å². The fourth-order valence-corrected chi connectivity index (χ4v) is 1.76. The van der Waals surface area contributed by atoms with Crippen LogP contribution in [-0.2, 0) is 4.74 Å². The van der Waals surface area contributed by atoms with Crippen molar-refractivity contribution in [1.82, 2.24) is 4.90 Å². The smallest absolute Gasteiger partial charge is 0.0940 e. The maximum Gasteiger partial charge on any atom is 0.0940 e. The Kier molecular flexibility index (Phi) is 3.32. The molecule has 1 heterocycles. The summed E-state index contributed by atoms with van der Waals surface area (Å²) < 4.78 is 5.64. The largest absolute Gasteiger partial charge is 0.394 e. The predicted molar refractivity (Wildman–Crippen MR) is 51.3 cm³/mol. The second kappa shape index (κ2) is 4.10. The van der Waals surface area contributed by atoms with Crippen LogP contribution in [0.15, 0.2) is 0 Å². The van der Waals surface area contributed by atoms with Gasteiger partial charge in [-0.15, -0.1) is 6.42 Å². The monoisotopic (exact) mass is 183 g/mol. The summed E-state index contributed by atoms with van der Waals surface area (Å²) in [7, 11) is 0. The number of ether oxygens (including phenoxy) is 1. The Labute approximate surface area is 79.7 Å². The molecular weight excluding hydrogens is 166 g/mol. The van der Waals surface area contributed by atoms with Crippen LogP contribution >= 0.6 is 0 Å². The van der Waals surface area contributed by atoms with Gasteiger partial charge in [0.1, 0.15) is 0 Å². The minimum absolute atomic E-state index is 0.0600. The third-order valence-electron chi connectivity index (χ3n) is 2.07.